The van der Waals surface area contributed by atoms with Gasteiger partial charge >= 0.3 is 0 Å². The SMILES string of the molecule is O=C(CCCNC(=O)C1(c2cccc(F)c2)CCC1)N1CCN(c2ccccc2)CC1. The van der Waals surface area contributed by atoms with Crippen LogP contribution in [0, 0.1) is 5.82 Å². The third-order valence-electron chi connectivity index (χ3n) is 6.63. The van der Waals surface area contributed by atoms with Crippen LogP contribution in [-0.2, 0) is 15.0 Å². The summed E-state index contributed by atoms with van der Waals surface area (Å²) in [4.78, 5) is 29.6. The number of benzene rings is 2. The summed E-state index contributed by atoms with van der Waals surface area (Å²) in [5, 5.41) is 2.99. The molecule has 31 heavy (non-hydrogen) atoms. The number of piperazine rings is 1. The van der Waals surface area contributed by atoms with Gasteiger partial charge in [0, 0.05) is 44.8 Å². The molecule has 0 spiro atoms. The van der Waals surface area contributed by atoms with Crippen LogP contribution in [0.15, 0.2) is 54.6 Å². The van der Waals surface area contributed by atoms with Gasteiger partial charge in [0.25, 0.3) is 0 Å². The number of hydrogen-bond donors (Lipinski definition) is 1. The summed E-state index contributed by atoms with van der Waals surface area (Å²) in [6, 6.07) is 16.6. The highest BCUT2D eigenvalue weighted by Crippen LogP contribution is 2.44. The van der Waals surface area contributed by atoms with Crippen LogP contribution in [-0.4, -0.2) is 49.4 Å². The first-order valence-corrected chi connectivity index (χ1v) is 11.2. The van der Waals surface area contributed by atoms with Crippen LogP contribution >= 0.6 is 0 Å². The van der Waals surface area contributed by atoms with Crippen LogP contribution < -0.4 is 10.2 Å². The third kappa shape index (κ3) is 4.73. The first-order chi connectivity index (χ1) is 15.1. The van der Waals surface area contributed by atoms with Gasteiger partial charge in [-0.1, -0.05) is 36.8 Å². The summed E-state index contributed by atoms with van der Waals surface area (Å²) >= 11 is 0. The number of nitrogens with one attached hydrogen (secondary N) is 1. The van der Waals surface area contributed by atoms with Crippen molar-refractivity contribution < 1.29 is 14.0 Å². The summed E-state index contributed by atoms with van der Waals surface area (Å²) in [5.41, 5.74) is 1.34. The molecule has 1 aliphatic heterocycles. The van der Waals surface area contributed by atoms with E-state index >= 15 is 0 Å². The van der Waals surface area contributed by atoms with Gasteiger partial charge in [-0.2, -0.15) is 0 Å². The number of carbonyl (C=O) groups is 2. The van der Waals surface area contributed by atoms with E-state index in [0.29, 0.717) is 19.4 Å². The Labute approximate surface area is 183 Å². The third-order valence-corrected chi connectivity index (χ3v) is 6.63. The summed E-state index contributed by atoms with van der Waals surface area (Å²) in [6.07, 6.45) is 3.50. The van der Waals surface area contributed by atoms with E-state index in [0.717, 1.165) is 51.0 Å². The smallest absolute Gasteiger partial charge is 0.230 e. The molecule has 1 saturated carbocycles. The van der Waals surface area contributed by atoms with E-state index in [-0.39, 0.29) is 17.6 Å². The lowest BCUT2D eigenvalue weighted by Crippen LogP contribution is -2.50. The number of carbonyl (C=O) groups excluding carboxylic acids is 2. The highest BCUT2D eigenvalue weighted by molar-refractivity contribution is 5.89. The van der Waals surface area contributed by atoms with Crippen molar-refractivity contribution in [3.05, 3.63) is 66.0 Å². The molecular weight excluding hydrogens is 393 g/mol. The van der Waals surface area contributed by atoms with E-state index in [4.69, 9.17) is 0 Å². The second-order valence-electron chi connectivity index (χ2n) is 8.51. The van der Waals surface area contributed by atoms with Crippen molar-refractivity contribution in [3.63, 3.8) is 0 Å². The predicted octanol–water partition coefficient (Wildman–Crippen LogP) is 3.49. The van der Waals surface area contributed by atoms with E-state index < -0.39 is 5.41 Å². The molecule has 1 aliphatic carbocycles. The minimum absolute atomic E-state index is 0.0479. The van der Waals surface area contributed by atoms with E-state index in [1.54, 1.807) is 6.07 Å². The Morgan fingerprint density at radius 3 is 2.35 bits per heavy atom. The number of nitrogens with zero attached hydrogens (tertiary/aromatic N) is 2. The summed E-state index contributed by atoms with van der Waals surface area (Å²) in [7, 11) is 0. The van der Waals surface area contributed by atoms with Gasteiger partial charge in [-0.25, -0.2) is 4.39 Å². The fourth-order valence-corrected chi connectivity index (χ4v) is 4.59. The largest absolute Gasteiger partial charge is 0.368 e. The maximum atomic E-state index is 13.6. The van der Waals surface area contributed by atoms with Gasteiger partial charge in [-0.05, 0) is 49.1 Å². The van der Waals surface area contributed by atoms with Crippen LogP contribution in [0.3, 0.4) is 0 Å². The van der Waals surface area contributed by atoms with Gasteiger partial charge < -0.3 is 15.1 Å². The van der Waals surface area contributed by atoms with Crippen molar-refractivity contribution in [1.29, 1.82) is 0 Å². The average molecular weight is 424 g/mol. The first kappa shape index (κ1) is 21.3. The van der Waals surface area contributed by atoms with Crippen molar-refractivity contribution in [2.75, 3.05) is 37.6 Å². The number of amides is 2. The quantitative estimate of drug-likeness (QED) is 0.694. The molecule has 1 saturated heterocycles. The Hall–Kier alpha value is -2.89. The minimum Gasteiger partial charge on any atom is -0.368 e. The molecule has 0 bridgehead atoms. The lowest BCUT2D eigenvalue weighted by molar-refractivity contribution is -0.132. The van der Waals surface area contributed by atoms with Crippen LogP contribution in [0.2, 0.25) is 0 Å². The van der Waals surface area contributed by atoms with Crippen LogP contribution in [0.1, 0.15) is 37.7 Å². The number of para-hydroxylation sites is 1. The molecule has 2 aliphatic rings. The molecule has 1 N–H and O–H groups in total. The molecular formula is C25H30FN3O2. The van der Waals surface area contributed by atoms with Crippen LogP contribution in [0.4, 0.5) is 10.1 Å². The van der Waals surface area contributed by atoms with E-state index in [1.807, 2.05) is 29.2 Å². The molecule has 1 heterocycles. The van der Waals surface area contributed by atoms with Crippen LogP contribution in [0.5, 0.6) is 0 Å². The predicted molar refractivity (Wildman–Crippen MR) is 119 cm³/mol. The standard InChI is InChI=1S/C25H30FN3O2/c26-21-8-4-7-20(19-21)25(12-6-13-25)24(31)27-14-5-11-23(30)29-17-15-28(16-18-29)22-9-2-1-3-10-22/h1-4,7-10,19H,5-6,11-18H2,(H,27,31). The zero-order chi connectivity index (χ0) is 21.7. The molecule has 2 amide bonds. The van der Waals surface area contributed by atoms with Crippen molar-refractivity contribution >= 4 is 17.5 Å². The normalized spacial score (nSPS) is 17.7. The molecule has 2 aromatic rings. The molecule has 2 fully saturated rings. The highest BCUT2D eigenvalue weighted by Gasteiger charge is 2.45. The molecule has 0 atom stereocenters. The minimum atomic E-state index is -0.611. The monoisotopic (exact) mass is 423 g/mol. The maximum Gasteiger partial charge on any atom is 0.230 e. The van der Waals surface area contributed by atoms with E-state index in [9.17, 15) is 14.0 Å². The molecule has 0 aromatic heterocycles. The summed E-state index contributed by atoms with van der Waals surface area (Å²) < 4.78 is 13.6. The van der Waals surface area contributed by atoms with Gasteiger partial charge in [0.1, 0.15) is 5.82 Å². The summed E-state index contributed by atoms with van der Waals surface area (Å²) in [5.74, 6) is -0.215. The summed E-state index contributed by atoms with van der Waals surface area (Å²) in [6.45, 7) is 3.59. The van der Waals surface area contributed by atoms with Crippen molar-refractivity contribution in [2.24, 2.45) is 0 Å². The number of halogens is 1. The fourth-order valence-electron chi connectivity index (χ4n) is 4.59. The zero-order valence-electron chi connectivity index (χ0n) is 17.9. The second kappa shape index (κ2) is 9.50. The van der Waals surface area contributed by atoms with Crippen molar-refractivity contribution in [3.8, 4) is 0 Å². The topological polar surface area (TPSA) is 52.7 Å². The molecule has 5 nitrogen and oxygen atoms in total. The van der Waals surface area contributed by atoms with Crippen molar-refractivity contribution in [1.82, 2.24) is 10.2 Å². The van der Waals surface area contributed by atoms with Gasteiger partial charge in [0.05, 0.1) is 5.41 Å². The van der Waals surface area contributed by atoms with Gasteiger partial charge in [-0.3, -0.25) is 9.59 Å². The van der Waals surface area contributed by atoms with Crippen molar-refractivity contribution in [2.45, 2.75) is 37.5 Å². The highest BCUT2D eigenvalue weighted by atomic mass is 19.1. The lowest BCUT2D eigenvalue weighted by atomic mass is 9.64. The first-order valence-electron chi connectivity index (χ1n) is 11.2. The van der Waals surface area contributed by atoms with E-state index in [1.165, 1.54) is 17.8 Å². The molecule has 0 radical (unpaired) electrons. The Morgan fingerprint density at radius 1 is 0.968 bits per heavy atom. The molecule has 164 valence electrons. The molecule has 4 rings (SSSR count). The lowest BCUT2D eigenvalue weighted by Gasteiger charge is -2.40. The van der Waals surface area contributed by atoms with Crippen LogP contribution in [0.25, 0.3) is 0 Å². The Balaban J connectivity index is 1.20. The maximum absolute atomic E-state index is 13.6. The Bertz CT molecular complexity index is 906. The Morgan fingerprint density at radius 2 is 1.71 bits per heavy atom. The number of hydrogen-bond acceptors (Lipinski definition) is 3. The van der Waals surface area contributed by atoms with Gasteiger partial charge in [0.15, 0.2) is 0 Å². The zero-order valence-corrected chi connectivity index (χ0v) is 17.9. The fraction of sp³-hybridized carbons (Fsp3) is 0.440. The average Bonchev–Trinajstić information content (AvgIpc) is 2.77. The molecule has 6 heteroatoms. The van der Waals surface area contributed by atoms with Gasteiger partial charge in [-0.15, -0.1) is 0 Å². The number of anilines is 1. The second-order valence-corrected chi connectivity index (χ2v) is 8.51. The molecule has 0 unspecified atom stereocenters. The number of rotatable bonds is 7. The molecule has 2 aromatic carbocycles. The Kier molecular flexibility index (Phi) is 6.54. The van der Waals surface area contributed by atoms with Gasteiger partial charge in [0.2, 0.25) is 11.8 Å². The van der Waals surface area contributed by atoms with E-state index in [2.05, 4.69) is 22.3 Å².